The monoisotopic (exact) mass is 1710 g/mol. The summed E-state index contributed by atoms with van der Waals surface area (Å²) in [4.78, 5) is 101. The van der Waals surface area contributed by atoms with Crippen molar-refractivity contribution in [3.8, 4) is 5.75 Å². The number of benzene rings is 7. The van der Waals surface area contributed by atoms with Crippen LogP contribution in [0, 0.1) is 26.6 Å². The van der Waals surface area contributed by atoms with Crippen LogP contribution in [0.1, 0.15) is 180 Å². The molecule has 0 fully saturated rings. The highest BCUT2D eigenvalue weighted by molar-refractivity contribution is 5.92. The normalized spacial score (nSPS) is 10.3. The topological polar surface area (TPSA) is 373 Å². The van der Waals surface area contributed by atoms with Crippen molar-refractivity contribution in [2.75, 3.05) is 7.11 Å². The van der Waals surface area contributed by atoms with Crippen LogP contribution in [0.2, 0.25) is 0 Å². The van der Waals surface area contributed by atoms with Crippen molar-refractivity contribution in [2.45, 2.75) is 124 Å². The first kappa shape index (κ1) is 97.0. The molecule has 7 aromatic heterocycles. The van der Waals surface area contributed by atoms with Crippen molar-refractivity contribution in [2.24, 2.45) is 0 Å². The van der Waals surface area contributed by atoms with E-state index in [9.17, 15) is 38.0 Å². The summed E-state index contributed by atoms with van der Waals surface area (Å²) in [6, 6.07) is 68.1. The lowest BCUT2D eigenvalue weighted by molar-refractivity contribution is 0.0684. The molecule has 14 rings (SSSR count). The second kappa shape index (κ2) is 52.1. The number of carboxylic acid groups (broad SMARTS) is 7. The minimum absolute atomic E-state index is 0.223. The molecule has 23 nitrogen and oxygen atoms in total. The summed E-state index contributed by atoms with van der Waals surface area (Å²) in [5, 5.41) is 71.0. The Morgan fingerprint density at radius 2 is 0.559 bits per heavy atom. The van der Waals surface area contributed by atoms with Crippen molar-refractivity contribution in [1.82, 2.24) is 40.1 Å². The van der Waals surface area contributed by atoms with E-state index in [0.29, 0.717) is 96.0 Å². The van der Waals surface area contributed by atoms with Gasteiger partial charge in [0.2, 0.25) is 0 Å². The molecular weight excluding hydrogens is 1610 g/mol. The van der Waals surface area contributed by atoms with E-state index in [1.165, 1.54) is 118 Å². The van der Waals surface area contributed by atoms with Crippen LogP contribution in [-0.2, 0) is 96.3 Å². The quantitative estimate of drug-likeness (QED) is 0.0220. The van der Waals surface area contributed by atoms with Crippen LogP contribution < -0.4 is 4.74 Å². The summed E-state index contributed by atoms with van der Waals surface area (Å²) in [5.74, 6) is -5.87. The molecule has 127 heavy (non-hydrogen) atoms. The van der Waals surface area contributed by atoms with E-state index in [0.717, 1.165) is 89.6 Å². The van der Waals surface area contributed by atoms with E-state index in [1.807, 2.05) is 74.5 Å². The van der Waals surface area contributed by atoms with Gasteiger partial charge in [-0.05, 0) is 256 Å². The molecule has 0 saturated heterocycles. The number of pyridine rings is 6. The Bertz CT molecular complexity index is 5680. The van der Waals surface area contributed by atoms with Crippen LogP contribution in [0.3, 0.4) is 0 Å². The predicted molar refractivity (Wildman–Crippen MR) is 483 cm³/mol. The van der Waals surface area contributed by atoms with Gasteiger partial charge in [0.15, 0.2) is 0 Å². The highest BCUT2D eigenvalue weighted by Crippen LogP contribution is 2.22. The first-order valence-corrected chi connectivity index (χ1v) is 41.0. The predicted octanol–water partition coefficient (Wildman–Crippen LogP) is 19.0. The Hall–Kier alpha value is -15.5. The van der Waals surface area contributed by atoms with Crippen LogP contribution in [-0.4, -0.2) is 125 Å². The second-order valence-corrected chi connectivity index (χ2v) is 29.3. The van der Waals surface area contributed by atoms with Crippen LogP contribution in [0.15, 0.2) is 299 Å². The molecule has 0 amide bonds. The number of nitrogens with zero attached hydrogens (tertiary/aromatic N) is 8. The Morgan fingerprint density at radius 3 is 0.898 bits per heavy atom. The minimum Gasteiger partial charge on any atom is -0.497 e. The number of methoxy groups -OCH3 is 1. The lowest BCUT2D eigenvalue weighted by atomic mass is 10.0. The van der Waals surface area contributed by atoms with Crippen molar-refractivity contribution in [3.05, 3.63) is 444 Å². The molecule has 7 heterocycles. The summed E-state index contributed by atoms with van der Waals surface area (Å²) < 4.78 is 18.5. The highest BCUT2D eigenvalue weighted by atomic mass is 19.1. The van der Waals surface area contributed by atoms with Gasteiger partial charge in [0.25, 0.3) is 0 Å². The number of hydrogen-bond acceptors (Lipinski definition) is 16. The van der Waals surface area contributed by atoms with Gasteiger partial charge < -0.3 is 40.5 Å². The molecule has 0 spiro atoms. The number of carbonyl (C=O) groups is 7. The van der Waals surface area contributed by atoms with E-state index in [4.69, 9.17) is 40.5 Å². The molecule has 0 atom stereocenters. The molecule has 0 saturated carbocycles. The molecule has 0 aliphatic rings. The summed E-state index contributed by atoms with van der Waals surface area (Å²) in [5.41, 5.74) is 19.9. The smallest absolute Gasteiger partial charge is 0.337 e. The Kier molecular flexibility index (Phi) is 39.8. The lowest BCUT2D eigenvalue weighted by Crippen LogP contribution is -2.07. The van der Waals surface area contributed by atoms with Crippen LogP contribution in [0.4, 0.5) is 4.39 Å². The Balaban J connectivity index is 0.000000183. The van der Waals surface area contributed by atoms with Gasteiger partial charge >= 0.3 is 41.8 Å². The van der Waals surface area contributed by atoms with E-state index in [1.54, 1.807) is 80.6 Å². The van der Waals surface area contributed by atoms with Gasteiger partial charge in [0.1, 0.15) is 11.6 Å². The van der Waals surface area contributed by atoms with Gasteiger partial charge in [-0.25, -0.2) is 38.0 Å². The fraction of sp³-hybridized carbons (Fsp3) is 0.194. The number of halogens is 1. The summed E-state index contributed by atoms with van der Waals surface area (Å²) in [6.45, 7) is 8.28. The molecular formula is C103H101FN8O15. The standard InChI is InChI=1S/C16H17NO2.C15H15NO3.3C15H15NO2.C14H12FNO2.C13H12N2O2/c1-2-12-3-5-13(6-4-12)7-8-14-11-17-10-9-15(14)16(18)19;1-19-13-6-3-11(4-7-13)2-5-12-10-16-9-8-14(12)15(17)18;2*1-11-2-4-12(5-3-11)6-7-13-10-16-9-8-14(13)15(17)18;1-11-3-2-4-12(9-11)5-6-13-10-16-8-7-14(13)15(17)18;15-13-4-2-1-3-10(13)5-6-11-9-16-8-7-12(11)14(17)18;16-13(17)11-8-9-14-15-12(11)7-6-10-4-2-1-3-5-10/h3-6,9-11H,2,7-8H2,1H3,(H,18,19);3-4,6-10H,2,5H2,1H3,(H,17,18);2*2-5,8-10H,6-7H2,1H3,(H,17,18);2-4,7-10H,5-6H2,1H3,(H,17,18);1-4,7-9H,5-6H2,(H,17,18);1-5,8-9H,6-7H2,(H,16,17). The number of aromatic carboxylic acids is 7. The number of carboxylic acids is 7. The van der Waals surface area contributed by atoms with E-state index in [-0.39, 0.29) is 16.9 Å². The molecule has 0 aliphatic heterocycles. The van der Waals surface area contributed by atoms with Gasteiger partial charge in [-0.15, -0.1) is 0 Å². The Morgan fingerprint density at radius 1 is 0.276 bits per heavy atom. The fourth-order valence-corrected chi connectivity index (χ4v) is 13.1. The van der Waals surface area contributed by atoms with Crippen LogP contribution in [0.25, 0.3) is 0 Å². The van der Waals surface area contributed by atoms with Crippen molar-refractivity contribution >= 4 is 41.8 Å². The summed E-state index contributed by atoms with van der Waals surface area (Å²) in [6.07, 6.45) is 30.9. The zero-order chi connectivity index (χ0) is 91.2. The van der Waals surface area contributed by atoms with Gasteiger partial charge in [-0.2, -0.15) is 10.2 Å². The molecule has 24 heteroatoms. The lowest BCUT2D eigenvalue weighted by Gasteiger charge is -2.06. The third-order valence-corrected chi connectivity index (χ3v) is 20.3. The van der Waals surface area contributed by atoms with E-state index >= 15 is 0 Å². The zero-order valence-electron chi connectivity index (χ0n) is 71.2. The number of aryl methyl sites for hydroxylation is 18. The molecule has 0 bridgehead atoms. The number of ether oxygens (including phenoxy) is 1. The number of hydrogen-bond donors (Lipinski definition) is 7. The van der Waals surface area contributed by atoms with E-state index < -0.39 is 41.8 Å². The average Bonchev–Trinajstić information content (AvgIpc) is 0.880. The third-order valence-electron chi connectivity index (χ3n) is 20.3. The third kappa shape index (κ3) is 33.4. The SMILES string of the molecule is CCc1ccc(CCc2cnccc2C(=O)O)cc1.COc1ccc(CCc2cnccc2C(=O)O)cc1.Cc1ccc(CCc2cnccc2C(=O)O)cc1.Cc1ccc(CCc2cnccc2C(=O)O)cc1.Cc1cccc(CCc2cnccc2C(=O)O)c1.O=C(O)c1ccncc1CCc1ccccc1F.O=C(O)c1ccnnc1CCc1ccccc1. The van der Waals surface area contributed by atoms with Crippen LogP contribution >= 0.6 is 0 Å². The van der Waals surface area contributed by atoms with E-state index in [2.05, 4.69) is 145 Å². The van der Waals surface area contributed by atoms with Crippen molar-refractivity contribution in [1.29, 1.82) is 0 Å². The van der Waals surface area contributed by atoms with Crippen molar-refractivity contribution in [3.63, 3.8) is 0 Å². The second-order valence-electron chi connectivity index (χ2n) is 29.3. The van der Waals surface area contributed by atoms with Gasteiger partial charge in [-0.1, -0.05) is 181 Å². The van der Waals surface area contributed by atoms with Gasteiger partial charge in [-0.3, -0.25) is 29.9 Å². The van der Waals surface area contributed by atoms with Crippen LogP contribution in [0.5, 0.6) is 5.75 Å². The van der Waals surface area contributed by atoms with Gasteiger partial charge in [0, 0.05) is 74.4 Å². The molecule has 0 unspecified atom stereocenters. The van der Waals surface area contributed by atoms with Crippen molar-refractivity contribution < 1.29 is 78.4 Å². The minimum atomic E-state index is -0.985. The van der Waals surface area contributed by atoms with Gasteiger partial charge in [0.05, 0.1) is 57.9 Å². The number of aromatic nitrogens is 8. The molecule has 14 aromatic rings. The molecule has 650 valence electrons. The maximum atomic E-state index is 13.4. The highest BCUT2D eigenvalue weighted by Gasteiger charge is 2.17. The number of rotatable bonds is 30. The molecule has 7 aromatic carbocycles. The molecule has 0 aliphatic carbocycles. The molecule has 7 N–H and O–H groups in total. The largest absolute Gasteiger partial charge is 0.497 e. The molecule has 0 radical (unpaired) electrons. The fourth-order valence-electron chi connectivity index (χ4n) is 13.1. The zero-order valence-corrected chi connectivity index (χ0v) is 71.2. The first-order valence-electron chi connectivity index (χ1n) is 41.0. The maximum absolute atomic E-state index is 13.4. The maximum Gasteiger partial charge on any atom is 0.337 e. The average molecular weight is 1710 g/mol. The Labute approximate surface area is 737 Å². The summed E-state index contributed by atoms with van der Waals surface area (Å²) >= 11 is 0. The first-order chi connectivity index (χ1) is 61.4. The summed E-state index contributed by atoms with van der Waals surface area (Å²) in [7, 11) is 1.63.